The molecule has 0 unspecified atom stereocenters. The number of rotatable bonds is 7. The highest BCUT2D eigenvalue weighted by Gasteiger charge is 2.31. The van der Waals surface area contributed by atoms with Gasteiger partial charge in [0.15, 0.2) is 5.89 Å². The Morgan fingerprint density at radius 3 is 2.63 bits per heavy atom. The zero-order chi connectivity index (χ0) is 21.1. The maximum atomic E-state index is 12.1. The van der Waals surface area contributed by atoms with Gasteiger partial charge >= 0.3 is 0 Å². The molecule has 1 aliphatic carbocycles. The van der Waals surface area contributed by atoms with Crippen LogP contribution in [0.25, 0.3) is 0 Å². The highest BCUT2D eigenvalue weighted by Crippen LogP contribution is 2.31. The van der Waals surface area contributed by atoms with Crippen molar-refractivity contribution in [2.45, 2.75) is 52.5 Å². The first-order valence-electron chi connectivity index (χ1n) is 11.3. The third-order valence-corrected chi connectivity index (χ3v) is 6.78. The fraction of sp³-hybridized carbons (Fsp3) is 0.583. The SMILES string of the molecule is CCc1cccc(N2CCN(CC[C@H]3C[C@H](NC(=O)c4cnc(C)o4)C3)CC2)c1C. The number of piperazine rings is 1. The van der Waals surface area contributed by atoms with Gasteiger partial charge in [0.2, 0.25) is 5.76 Å². The third kappa shape index (κ3) is 4.69. The van der Waals surface area contributed by atoms with Gasteiger partial charge in [-0.3, -0.25) is 9.69 Å². The minimum Gasteiger partial charge on any atom is -0.436 e. The maximum Gasteiger partial charge on any atom is 0.288 e. The molecule has 0 radical (unpaired) electrons. The molecule has 2 aromatic rings. The van der Waals surface area contributed by atoms with Gasteiger partial charge in [-0.2, -0.15) is 0 Å². The van der Waals surface area contributed by atoms with E-state index in [4.69, 9.17) is 4.42 Å². The van der Waals surface area contributed by atoms with Gasteiger partial charge in [-0.05, 0) is 62.3 Å². The largest absolute Gasteiger partial charge is 0.436 e. The zero-order valence-electron chi connectivity index (χ0n) is 18.5. The van der Waals surface area contributed by atoms with Crippen LogP contribution in [0.15, 0.2) is 28.8 Å². The van der Waals surface area contributed by atoms with Crippen LogP contribution in [0.2, 0.25) is 0 Å². The predicted octanol–water partition coefficient (Wildman–Crippen LogP) is 3.57. The molecular formula is C24H34N4O2. The van der Waals surface area contributed by atoms with E-state index in [0.717, 1.165) is 52.0 Å². The van der Waals surface area contributed by atoms with E-state index in [1.807, 2.05) is 0 Å². The van der Waals surface area contributed by atoms with E-state index in [9.17, 15) is 4.79 Å². The summed E-state index contributed by atoms with van der Waals surface area (Å²) < 4.78 is 5.30. The molecule has 1 amide bonds. The molecule has 2 aliphatic rings. The molecule has 1 saturated carbocycles. The Balaban J connectivity index is 1.15. The first kappa shape index (κ1) is 20.9. The molecule has 6 nitrogen and oxygen atoms in total. The van der Waals surface area contributed by atoms with Gasteiger partial charge in [0.05, 0.1) is 6.20 Å². The van der Waals surface area contributed by atoms with Crippen molar-refractivity contribution in [3.63, 3.8) is 0 Å². The molecule has 0 bridgehead atoms. The van der Waals surface area contributed by atoms with Crippen molar-refractivity contribution in [2.24, 2.45) is 5.92 Å². The summed E-state index contributed by atoms with van der Waals surface area (Å²) in [4.78, 5) is 21.3. The number of nitrogens with zero attached hydrogens (tertiary/aromatic N) is 3. The fourth-order valence-electron chi connectivity index (χ4n) is 4.79. The number of hydrogen-bond donors (Lipinski definition) is 1. The molecule has 0 spiro atoms. The summed E-state index contributed by atoms with van der Waals surface area (Å²) >= 11 is 0. The van der Waals surface area contributed by atoms with Crippen molar-refractivity contribution in [2.75, 3.05) is 37.6 Å². The number of benzene rings is 1. The summed E-state index contributed by atoms with van der Waals surface area (Å²) in [6.07, 6.45) is 5.96. The van der Waals surface area contributed by atoms with Crippen molar-refractivity contribution >= 4 is 11.6 Å². The van der Waals surface area contributed by atoms with Gasteiger partial charge in [-0.15, -0.1) is 0 Å². The third-order valence-electron chi connectivity index (χ3n) is 6.78. The zero-order valence-corrected chi connectivity index (χ0v) is 18.5. The number of amides is 1. The Labute approximate surface area is 179 Å². The minimum absolute atomic E-state index is 0.141. The molecule has 1 aromatic carbocycles. The maximum absolute atomic E-state index is 12.1. The predicted molar refractivity (Wildman–Crippen MR) is 119 cm³/mol. The number of anilines is 1. The molecule has 6 heteroatoms. The highest BCUT2D eigenvalue weighted by molar-refractivity contribution is 5.91. The molecule has 0 atom stereocenters. The van der Waals surface area contributed by atoms with Crippen LogP contribution in [0.3, 0.4) is 0 Å². The lowest BCUT2D eigenvalue weighted by Gasteiger charge is -2.40. The Morgan fingerprint density at radius 2 is 1.97 bits per heavy atom. The van der Waals surface area contributed by atoms with Crippen molar-refractivity contribution in [3.05, 3.63) is 47.2 Å². The normalized spacial score (nSPS) is 22.0. The van der Waals surface area contributed by atoms with E-state index in [2.05, 4.69) is 52.1 Å². The van der Waals surface area contributed by atoms with Gasteiger partial charge in [-0.25, -0.2) is 4.98 Å². The average Bonchev–Trinajstić information content (AvgIpc) is 3.16. The van der Waals surface area contributed by atoms with Crippen LogP contribution in [0.1, 0.15) is 53.8 Å². The number of hydrogen-bond acceptors (Lipinski definition) is 5. The second-order valence-corrected chi connectivity index (χ2v) is 8.78. The molecule has 2 fully saturated rings. The Kier molecular flexibility index (Phi) is 6.42. The number of nitrogens with one attached hydrogen (secondary N) is 1. The first-order valence-corrected chi connectivity index (χ1v) is 11.3. The Bertz CT molecular complexity index is 864. The average molecular weight is 411 g/mol. The molecule has 4 rings (SSSR count). The molecule has 1 aliphatic heterocycles. The summed E-state index contributed by atoms with van der Waals surface area (Å²) in [5.41, 5.74) is 4.31. The van der Waals surface area contributed by atoms with Gasteiger partial charge in [-0.1, -0.05) is 19.1 Å². The van der Waals surface area contributed by atoms with Crippen LogP contribution in [0.4, 0.5) is 5.69 Å². The van der Waals surface area contributed by atoms with Gasteiger partial charge < -0.3 is 14.6 Å². The topological polar surface area (TPSA) is 61.6 Å². The quantitative estimate of drug-likeness (QED) is 0.756. The number of aromatic nitrogens is 1. The molecule has 1 N–H and O–H groups in total. The van der Waals surface area contributed by atoms with Crippen LogP contribution in [-0.4, -0.2) is 54.6 Å². The fourth-order valence-corrected chi connectivity index (χ4v) is 4.79. The van der Waals surface area contributed by atoms with Gasteiger partial charge in [0.1, 0.15) is 0 Å². The van der Waals surface area contributed by atoms with E-state index in [-0.39, 0.29) is 11.9 Å². The number of carbonyl (C=O) groups excluding carboxylic acids is 1. The summed E-state index contributed by atoms with van der Waals surface area (Å²) in [7, 11) is 0. The second kappa shape index (κ2) is 9.21. The van der Waals surface area contributed by atoms with E-state index in [1.54, 1.807) is 6.92 Å². The summed E-state index contributed by atoms with van der Waals surface area (Å²) in [6, 6.07) is 6.99. The van der Waals surface area contributed by atoms with Crippen molar-refractivity contribution in [3.8, 4) is 0 Å². The molecule has 162 valence electrons. The van der Waals surface area contributed by atoms with Gasteiger partial charge in [0, 0.05) is 44.8 Å². The molecule has 1 saturated heterocycles. The van der Waals surface area contributed by atoms with Crippen molar-refractivity contribution < 1.29 is 9.21 Å². The summed E-state index contributed by atoms with van der Waals surface area (Å²) in [6.45, 7) is 11.9. The second-order valence-electron chi connectivity index (χ2n) is 8.78. The Hall–Kier alpha value is -2.34. The standard InChI is InChI=1S/C24H34N4O2/c1-4-20-6-5-7-22(17(20)2)28-12-10-27(11-13-28)9-8-19-14-21(15-19)26-24(29)23-16-25-18(3)30-23/h5-7,16,19,21H,4,8-15H2,1-3H3,(H,26,29)/t19-,21-. The van der Waals surface area contributed by atoms with E-state index in [0.29, 0.717) is 17.6 Å². The number of aryl methyl sites for hydroxylation is 2. The van der Waals surface area contributed by atoms with Crippen LogP contribution in [0, 0.1) is 19.8 Å². The number of carbonyl (C=O) groups is 1. The molecule has 1 aromatic heterocycles. The lowest BCUT2D eigenvalue weighted by atomic mass is 9.78. The van der Waals surface area contributed by atoms with E-state index < -0.39 is 0 Å². The van der Waals surface area contributed by atoms with E-state index in [1.165, 1.54) is 29.4 Å². The molecule has 30 heavy (non-hydrogen) atoms. The van der Waals surface area contributed by atoms with E-state index >= 15 is 0 Å². The Morgan fingerprint density at radius 1 is 1.20 bits per heavy atom. The van der Waals surface area contributed by atoms with Crippen LogP contribution in [-0.2, 0) is 6.42 Å². The van der Waals surface area contributed by atoms with Crippen molar-refractivity contribution in [1.82, 2.24) is 15.2 Å². The summed E-state index contributed by atoms with van der Waals surface area (Å²) in [5.74, 6) is 1.42. The minimum atomic E-state index is -0.141. The summed E-state index contributed by atoms with van der Waals surface area (Å²) in [5, 5.41) is 3.06. The lowest BCUT2D eigenvalue weighted by molar-refractivity contribution is 0.0848. The highest BCUT2D eigenvalue weighted by atomic mass is 16.4. The van der Waals surface area contributed by atoms with Crippen LogP contribution in [0.5, 0.6) is 0 Å². The van der Waals surface area contributed by atoms with Crippen LogP contribution < -0.4 is 10.2 Å². The lowest BCUT2D eigenvalue weighted by Crippen LogP contribution is -2.48. The monoisotopic (exact) mass is 410 g/mol. The first-order chi connectivity index (χ1) is 14.5. The van der Waals surface area contributed by atoms with Crippen molar-refractivity contribution in [1.29, 1.82) is 0 Å². The number of oxazole rings is 1. The molecule has 2 heterocycles. The van der Waals surface area contributed by atoms with Crippen LogP contribution >= 0.6 is 0 Å². The van der Waals surface area contributed by atoms with Gasteiger partial charge in [0.25, 0.3) is 5.91 Å². The smallest absolute Gasteiger partial charge is 0.288 e. The molecular weight excluding hydrogens is 376 g/mol.